The zero-order valence-electron chi connectivity index (χ0n) is 10.3. The molecular weight excluding hydrogens is 206 g/mol. The number of aliphatic imine (C=N–C) groups is 1. The van der Waals surface area contributed by atoms with Gasteiger partial charge in [0.05, 0.1) is 0 Å². The molecule has 1 rings (SSSR count). The zero-order valence-corrected chi connectivity index (χ0v) is 10.3. The van der Waals surface area contributed by atoms with Crippen molar-refractivity contribution < 1.29 is 4.79 Å². The molecule has 0 radical (unpaired) electrons. The predicted molar refractivity (Wildman–Crippen MR) is 63.6 cm³/mol. The van der Waals surface area contributed by atoms with Crippen LogP contribution in [0, 0.1) is 5.41 Å². The van der Waals surface area contributed by atoms with E-state index in [1.807, 2.05) is 20.8 Å². The molecule has 0 aliphatic carbocycles. The predicted octanol–water partition coefficient (Wildman–Crippen LogP) is -0.890. The van der Waals surface area contributed by atoms with E-state index in [1.54, 1.807) is 6.92 Å². The second-order valence-corrected chi connectivity index (χ2v) is 5.38. The molecule has 16 heavy (non-hydrogen) atoms. The van der Waals surface area contributed by atoms with Gasteiger partial charge in [-0.2, -0.15) is 0 Å². The molecule has 92 valence electrons. The molecule has 0 spiro atoms. The molecule has 0 aromatic rings. The molecule has 1 aliphatic heterocycles. The van der Waals surface area contributed by atoms with Crippen LogP contribution in [0.1, 0.15) is 27.7 Å². The van der Waals surface area contributed by atoms with E-state index in [0.29, 0.717) is 6.54 Å². The van der Waals surface area contributed by atoms with E-state index in [-0.39, 0.29) is 23.3 Å². The van der Waals surface area contributed by atoms with Crippen LogP contribution in [0.5, 0.6) is 0 Å². The van der Waals surface area contributed by atoms with Gasteiger partial charge in [-0.3, -0.25) is 4.79 Å². The average molecular weight is 227 g/mol. The molecule has 1 heterocycles. The Bertz CT molecular complexity index is 320. The van der Waals surface area contributed by atoms with Crippen molar-refractivity contribution in [3.05, 3.63) is 0 Å². The highest BCUT2D eigenvalue weighted by molar-refractivity contribution is 5.98. The number of hydrogen-bond donors (Lipinski definition) is 4. The Morgan fingerprint density at radius 3 is 2.50 bits per heavy atom. The second kappa shape index (κ2) is 3.93. The maximum Gasteiger partial charge on any atom is 0.268 e. The van der Waals surface area contributed by atoms with Gasteiger partial charge in [-0.1, -0.05) is 20.8 Å². The molecule has 1 amide bonds. The fourth-order valence-electron chi connectivity index (χ4n) is 1.28. The lowest BCUT2D eigenvalue weighted by Crippen LogP contribution is -2.66. The quantitative estimate of drug-likeness (QED) is 0.502. The molecule has 0 fully saturated rings. The van der Waals surface area contributed by atoms with Crippen molar-refractivity contribution in [3.63, 3.8) is 0 Å². The number of hydrogen-bond acceptors (Lipinski definition) is 5. The molecule has 1 aliphatic rings. The summed E-state index contributed by atoms with van der Waals surface area (Å²) in [5.74, 6) is 0.0826. The van der Waals surface area contributed by atoms with Crippen molar-refractivity contribution in [1.29, 1.82) is 0 Å². The molecule has 6 N–H and O–H groups in total. The van der Waals surface area contributed by atoms with Gasteiger partial charge in [0.2, 0.25) is 5.66 Å². The molecular formula is C10H21N5O. The van der Waals surface area contributed by atoms with Gasteiger partial charge in [-0.15, -0.1) is 0 Å². The van der Waals surface area contributed by atoms with E-state index in [4.69, 9.17) is 11.5 Å². The molecule has 6 nitrogen and oxygen atoms in total. The molecule has 0 aromatic carbocycles. The monoisotopic (exact) mass is 227 g/mol. The number of rotatable bonds is 3. The van der Waals surface area contributed by atoms with E-state index in [9.17, 15) is 4.79 Å². The summed E-state index contributed by atoms with van der Waals surface area (Å²) in [6, 6.07) is -0.0959. The Morgan fingerprint density at radius 2 is 2.12 bits per heavy atom. The smallest absolute Gasteiger partial charge is 0.268 e. The second-order valence-electron chi connectivity index (χ2n) is 5.38. The summed E-state index contributed by atoms with van der Waals surface area (Å²) in [6.07, 6.45) is 0. The van der Waals surface area contributed by atoms with E-state index in [0.717, 1.165) is 0 Å². The third kappa shape index (κ3) is 2.63. The summed E-state index contributed by atoms with van der Waals surface area (Å²) in [6.45, 7) is 8.19. The van der Waals surface area contributed by atoms with Gasteiger partial charge in [-0.25, -0.2) is 4.99 Å². The van der Waals surface area contributed by atoms with Crippen LogP contribution in [0.25, 0.3) is 0 Å². The normalized spacial score (nSPS) is 26.2. The van der Waals surface area contributed by atoms with Gasteiger partial charge in [0, 0.05) is 12.6 Å². The molecule has 0 saturated carbocycles. The Labute approximate surface area is 95.9 Å². The molecule has 0 bridgehead atoms. The lowest BCUT2D eigenvalue weighted by atomic mass is 9.87. The van der Waals surface area contributed by atoms with Gasteiger partial charge < -0.3 is 22.1 Å². The highest BCUT2D eigenvalue weighted by Gasteiger charge is 2.40. The average Bonchev–Trinajstić information content (AvgIpc) is 2.09. The van der Waals surface area contributed by atoms with Crippen LogP contribution in [-0.4, -0.2) is 30.1 Å². The first-order valence-electron chi connectivity index (χ1n) is 5.32. The minimum atomic E-state index is -0.929. The first-order valence-corrected chi connectivity index (χ1v) is 5.32. The van der Waals surface area contributed by atoms with Crippen molar-refractivity contribution in [2.45, 2.75) is 39.4 Å². The van der Waals surface area contributed by atoms with Gasteiger partial charge in [-0.05, 0) is 12.3 Å². The third-order valence-electron chi connectivity index (χ3n) is 2.75. The zero-order chi connectivity index (χ0) is 12.6. The summed E-state index contributed by atoms with van der Waals surface area (Å²) in [5.41, 5.74) is 10.3. The molecule has 6 heteroatoms. The van der Waals surface area contributed by atoms with Crippen molar-refractivity contribution in [2.75, 3.05) is 6.54 Å². The Kier molecular flexibility index (Phi) is 3.14. The van der Waals surface area contributed by atoms with Crippen LogP contribution < -0.4 is 22.1 Å². The highest BCUT2D eigenvalue weighted by Crippen LogP contribution is 2.17. The number of nitrogens with one attached hydrogen (secondary N) is 2. The van der Waals surface area contributed by atoms with Crippen LogP contribution in [0.4, 0.5) is 0 Å². The standard InChI is InChI=1S/C10H21N5O/c1-9(2,3)6(11)5-13-7(16)10(4)14-8(12)15-10/h6H,5,11H2,1-4H3,(H,13,16)(H3,12,14,15)/t6-/m1/s1. The van der Waals surface area contributed by atoms with Gasteiger partial charge >= 0.3 is 0 Å². The molecule has 0 saturated heterocycles. The summed E-state index contributed by atoms with van der Waals surface area (Å²) >= 11 is 0. The van der Waals surface area contributed by atoms with Crippen molar-refractivity contribution in [2.24, 2.45) is 21.9 Å². The summed E-state index contributed by atoms with van der Waals surface area (Å²) in [4.78, 5) is 15.7. The molecule has 0 aromatic heterocycles. The van der Waals surface area contributed by atoms with Crippen LogP contribution in [0.15, 0.2) is 4.99 Å². The van der Waals surface area contributed by atoms with Crippen LogP contribution in [0.2, 0.25) is 0 Å². The first kappa shape index (κ1) is 12.8. The van der Waals surface area contributed by atoms with Crippen molar-refractivity contribution in [1.82, 2.24) is 10.6 Å². The van der Waals surface area contributed by atoms with Gasteiger partial charge in [0.1, 0.15) is 0 Å². The summed E-state index contributed by atoms with van der Waals surface area (Å²) < 4.78 is 0. The van der Waals surface area contributed by atoms with Crippen LogP contribution in [-0.2, 0) is 4.79 Å². The SMILES string of the molecule is CC1(C(=O)NC[C@@H](N)C(C)(C)C)N=C(N)N1. The van der Waals surface area contributed by atoms with Crippen molar-refractivity contribution in [3.8, 4) is 0 Å². The lowest BCUT2D eigenvalue weighted by Gasteiger charge is -2.35. The summed E-state index contributed by atoms with van der Waals surface area (Å²) in [7, 11) is 0. The van der Waals surface area contributed by atoms with E-state index in [2.05, 4.69) is 15.6 Å². The fraction of sp³-hybridized carbons (Fsp3) is 0.800. The van der Waals surface area contributed by atoms with E-state index >= 15 is 0 Å². The van der Waals surface area contributed by atoms with E-state index in [1.165, 1.54) is 0 Å². The fourth-order valence-corrected chi connectivity index (χ4v) is 1.28. The molecule has 1 unspecified atom stereocenters. The maximum atomic E-state index is 11.7. The Hall–Kier alpha value is -1.30. The number of guanidine groups is 1. The summed E-state index contributed by atoms with van der Waals surface area (Å²) in [5, 5.41) is 5.52. The van der Waals surface area contributed by atoms with Crippen LogP contribution >= 0.6 is 0 Å². The number of amides is 1. The van der Waals surface area contributed by atoms with Crippen LogP contribution in [0.3, 0.4) is 0 Å². The van der Waals surface area contributed by atoms with E-state index < -0.39 is 5.66 Å². The highest BCUT2D eigenvalue weighted by atomic mass is 16.2. The number of carbonyl (C=O) groups is 1. The minimum Gasteiger partial charge on any atom is -0.370 e. The Balaban J connectivity index is 2.43. The number of nitrogens with zero attached hydrogens (tertiary/aromatic N) is 1. The maximum absolute atomic E-state index is 11.7. The minimum absolute atomic E-state index is 0.0382. The number of nitrogens with two attached hydrogens (primary N) is 2. The Morgan fingerprint density at radius 1 is 1.62 bits per heavy atom. The molecule has 2 atom stereocenters. The van der Waals surface area contributed by atoms with Gasteiger partial charge in [0.25, 0.3) is 5.91 Å². The lowest BCUT2D eigenvalue weighted by molar-refractivity contribution is -0.127. The topological polar surface area (TPSA) is 106 Å². The third-order valence-corrected chi connectivity index (χ3v) is 2.75. The van der Waals surface area contributed by atoms with Crippen molar-refractivity contribution >= 4 is 11.9 Å². The first-order chi connectivity index (χ1) is 7.15. The van der Waals surface area contributed by atoms with Gasteiger partial charge in [0.15, 0.2) is 5.96 Å². The largest absolute Gasteiger partial charge is 0.370 e. The number of carbonyl (C=O) groups excluding carboxylic acids is 1.